The molecule has 1 unspecified atom stereocenters. The second-order valence-corrected chi connectivity index (χ2v) is 16.7. The maximum atomic E-state index is 12.9. The molecule has 1 aliphatic heterocycles. The minimum atomic E-state index is -0.0205. The average Bonchev–Trinajstić information content (AvgIpc) is 3.08. The third-order valence-electron chi connectivity index (χ3n) is 11.6. The number of carbonyl (C=O) groups is 2. The largest absolute Gasteiger partial charge is 0.466 e. The van der Waals surface area contributed by atoms with Gasteiger partial charge in [0.15, 0.2) is 0 Å². The highest BCUT2D eigenvalue weighted by Crippen LogP contribution is 2.47. The van der Waals surface area contributed by atoms with Gasteiger partial charge in [-0.3, -0.25) is 9.59 Å². The van der Waals surface area contributed by atoms with E-state index >= 15 is 0 Å². The van der Waals surface area contributed by atoms with Crippen molar-refractivity contribution in [3.8, 4) is 0 Å². The molecule has 2 fully saturated rings. The molecule has 2 rings (SSSR count). The van der Waals surface area contributed by atoms with Crippen molar-refractivity contribution in [2.45, 2.75) is 251 Å². The monoisotopic (exact) mass is 720 g/mol. The van der Waals surface area contributed by atoms with Crippen molar-refractivity contribution in [3.63, 3.8) is 0 Å². The van der Waals surface area contributed by atoms with E-state index in [2.05, 4.69) is 26.1 Å². The van der Waals surface area contributed by atoms with Crippen LogP contribution in [0.5, 0.6) is 0 Å². The number of hydrogen-bond donors (Lipinski definition) is 1. The molecule has 300 valence electrons. The number of ether oxygens (including phenoxy) is 3. The zero-order valence-corrected chi connectivity index (χ0v) is 34.2. The Hall–Kier alpha value is -1.14. The highest BCUT2D eigenvalue weighted by atomic mass is 16.5. The van der Waals surface area contributed by atoms with Crippen molar-refractivity contribution in [3.05, 3.63) is 0 Å². The lowest BCUT2D eigenvalue weighted by atomic mass is 9.64. The standard InChI is InChI=1S/C45H85NO5/c1-4-7-10-13-16-19-28-35-50-43(47)33-26-20-22-29-40(46-41-36-45(37-41)38-49-39-45)30-23-21-27-34-44(48)51-42(31-24-17-14-11-8-5-2)32-25-18-15-12-9-6-3/h40-42,46H,4-39H2,1-3H3. The van der Waals surface area contributed by atoms with Crippen LogP contribution in [-0.2, 0) is 23.8 Å². The zero-order valence-electron chi connectivity index (χ0n) is 34.2. The summed E-state index contributed by atoms with van der Waals surface area (Å²) in [6, 6.07) is 1.13. The molecule has 2 aliphatic rings. The summed E-state index contributed by atoms with van der Waals surface area (Å²) in [4.78, 5) is 25.1. The van der Waals surface area contributed by atoms with Gasteiger partial charge in [0.1, 0.15) is 6.10 Å². The molecule has 0 aromatic carbocycles. The van der Waals surface area contributed by atoms with Crippen molar-refractivity contribution >= 4 is 11.9 Å². The van der Waals surface area contributed by atoms with E-state index in [1.807, 2.05) is 0 Å². The van der Waals surface area contributed by atoms with Crippen LogP contribution in [0.2, 0.25) is 0 Å². The lowest BCUT2D eigenvalue weighted by molar-refractivity contribution is -0.168. The lowest BCUT2D eigenvalue weighted by Crippen LogP contribution is -2.60. The summed E-state index contributed by atoms with van der Waals surface area (Å²) in [5, 5.41) is 3.99. The van der Waals surface area contributed by atoms with Gasteiger partial charge in [0.2, 0.25) is 0 Å². The Kier molecular flexibility index (Phi) is 28.2. The molecule has 0 bridgehead atoms. The molecule has 51 heavy (non-hydrogen) atoms. The number of nitrogens with one attached hydrogen (secondary N) is 1. The third-order valence-corrected chi connectivity index (χ3v) is 11.6. The maximum Gasteiger partial charge on any atom is 0.306 e. The van der Waals surface area contributed by atoms with Gasteiger partial charge in [0.25, 0.3) is 0 Å². The Balaban J connectivity index is 1.62. The Morgan fingerprint density at radius 1 is 0.569 bits per heavy atom. The molecule has 1 atom stereocenters. The van der Waals surface area contributed by atoms with Gasteiger partial charge >= 0.3 is 11.9 Å². The number of unbranched alkanes of at least 4 members (excludes halogenated alkanes) is 20. The van der Waals surface area contributed by atoms with Gasteiger partial charge in [-0.25, -0.2) is 0 Å². The molecule has 0 aromatic rings. The summed E-state index contributed by atoms with van der Waals surface area (Å²) in [5.74, 6) is 0.00265. The first-order valence-electron chi connectivity index (χ1n) is 22.7. The predicted molar refractivity (Wildman–Crippen MR) is 214 cm³/mol. The summed E-state index contributed by atoms with van der Waals surface area (Å²) in [7, 11) is 0. The fourth-order valence-electron chi connectivity index (χ4n) is 8.18. The fraction of sp³-hybridized carbons (Fsp3) is 0.956. The van der Waals surface area contributed by atoms with Crippen molar-refractivity contribution in [1.29, 1.82) is 0 Å². The second-order valence-electron chi connectivity index (χ2n) is 16.7. The van der Waals surface area contributed by atoms with Gasteiger partial charge < -0.3 is 19.5 Å². The van der Waals surface area contributed by atoms with Crippen LogP contribution in [-0.4, -0.2) is 49.9 Å². The molecule has 1 spiro atoms. The van der Waals surface area contributed by atoms with E-state index in [0.717, 1.165) is 83.8 Å². The van der Waals surface area contributed by atoms with Crippen molar-refractivity contribution in [1.82, 2.24) is 5.32 Å². The van der Waals surface area contributed by atoms with Crippen LogP contribution in [0, 0.1) is 5.41 Å². The molecule has 0 amide bonds. The first-order valence-corrected chi connectivity index (χ1v) is 22.7. The Morgan fingerprint density at radius 3 is 1.49 bits per heavy atom. The van der Waals surface area contributed by atoms with Crippen LogP contribution >= 0.6 is 0 Å². The summed E-state index contributed by atoms with van der Waals surface area (Å²) in [5.41, 5.74) is 0.472. The van der Waals surface area contributed by atoms with Crippen LogP contribution < -0.4 is 5.32 Å². The van der Waals surface area contributed by atoms with Crippen molar-refractivity contribution < 1.29 is 23.8 Å². The maximum absolute atomic E-state index is 12.9. The van der Waals surface area contributed by atoms with Crippen molar-refractivity contribution in [2.75, 3.05) is 19.8 Å². The lowest BCUT2D eigenvalue weighted by Gasteiger charge is -2.54. The molecular formula is C45H85NO5. The molecular weight excluding hydrogens is 634 g/mol. The second kappa shape index (κ2) is 31.2. The molecule has 1 N–H and O–H groups in total. The molecule has 6 heteroatoms. The SMILES string of the molecule is CCCCCCCCCOC(=O)CCCCCC(CCCCCC(=O)OC(CCCCCCCC)CCCCCCCC)NC1CC2(COC2)C1. The zero-order chi connectivity index (χ0) is 36.7. The van der Waals surface area contributed by atoms with Gasteiger partial charge in [-0.2, -0.15) is 0 Å². The van der Waals surface area contributed by atoms with Gasteiger partial charge in [-0.05, 0) is 70.6 Å². The van der Waals surface area contributed by atoms with Gasteiger partial charge in [0, 0.05) is 30.3 Å². The van der Waals surface area contributed by atoms with E-state index in [1.54, 1.807) is 0 Å². The summed E-state index contributed by atoms with van der Waals surface area (Å²) in [6.45, 7) is 9.26. The fourth-order valence-corrected chi connectivity index (χ4v) is 8.18. The van der Waals surface area contributed by atoms with Crippen LogP contribution in [0.25, 0.3) is 0 Å². The van der Waals surface area contributed by atoms with E-state index in [9.17, 15) is 9.59 Å². The Labute approximate surface area is 316 Å². The molecule has 0 aromatic heterocycles. The number of rotatable bonds is 37. The summed E-state index contributed by atoms with van der Waals surface area (Å²) in [6.07, 6.45) is 38.5. The Bertz CT molecular complexity index is 805. The smallest absolute Gasteiger partial charge is 0.306 e. The van der Waals surface area contributed by atoms with Gasteiger partial charge in [-0.15, -0.1) is 0 Å². The van der Waals surface area contributed by atoms with Crippen molar-refractivity contribution in [2.24, 2.45) is 5.41 Å². The first kappa shape index (κ1) is 46.0. The van der Waals surface area contributed by atoms with E-state index < -0.39 is 0 Å². The molecule has 0 radical (unpaired) electrons. The summed E-state index contributed by atoms with van der Waals surface area (Å²) >= 11 is 0. The van der Waals surface area contributed by atoms with Crippen LogP contribution in [0.4, 0.5) is 0 Å². The first-order chi connectivity index (χ1) is 25.0. The quantitative estimate of drug-likeness (QED) is 0.0509. The highest BCUT2D eigenvalue weighted by Gasteiger charge is 2.49. The molecule has 1 saturated heterocycles. The predicted octanol–water partition coefficient (Wildman–Crippen LogP) is 12.7. The van der Waals surface area contributed by atoms with Crippen LogP contribution in [0.1, 0.15) is 233 Å². The average molecular weight is 720 g/mol. The topological polar surface area (TPSA) is 73.9 Å². The van der Waals surface area contributed by atoms with Crippen LogP contribution in [0.3, 0.4) is 0 Å². The number of hydrogen-bond acceptors (Lipinski definition) is 6. The van der Waals surface area contributed by atoms with E-state index in [4.69, 9.17) is 14.2 Å². The minimum Gasteiger partial charge on any atom is -0.466 e. The van der Waals surface area contributed by atoms with Crippen LogP contribution in [0.15, 0.2) is 0 Å². The Morgan fingerprint density at radius 2 is 1.00 bits per heavy atom. The van der Waals surface area contributed by atoms with Gasteiger partial charge in [0.05, 0.1) is 19.8 Å². The summed E-state index contributed by atoms with van der Waals surface area (Å²) < 4.78 is 17.1. The number of esters is 2. The van der Waals surface area contributed by atoms with E-state index in [0.29, 0.717) is 36.9 Å². The molecule has 1 saturated carbocycles. The highest BCUT2D eigenvalue weighted by molar-refractivity contribution is 5.69. The van der Waals surface area contributed by atoms with E-state index in [-0.39, 0.29) is 18.0 Å². The van der Waals surface area contributed by atoms with E-state index in [1.165, 1.54) is 128 Å². The molecule has 1 aliphatic carbocycles. The third kappa shape index (κ3) is 24.0. The molecule has 6 nitrogen and oxygen atoms in total. The number of carbonyl (C=O) groups excluding carboxylic acids is 2. The normalized spacial score (nSPS) is 15.9. The van der Waals surface area contributed by atoms with Gasteiger partial charge in [-0.1, -0.05) is 149 Å². The molecule has 1 heterocycles. The minimum absolute atomic E-state index is 0.0205.